The molecule has 96 valence electrons. The Balaban J connectivity index is 2.06. The van der Waals surface area contributed by atoms with E-state index in [0.717, 1.165) is 24.0 Å². The van der Waals surface area contributed by atoms with E-state index in [9.17, 15) is 0 Å². The van der Waals surface area contributed by atoms with E-state index in [1.807, 2.05) is 37.6 Å². The molecule has 0 saturated carbocycles. The highest BCUT2D eigenvalue weighted by molar-refractivity contribution is 6.36. The first kappa shape index (κ1) is 13.4. The predicted molar refractivity (Wildman–Crippen MR) is 74.9 cm³/mol. The van der Waals surface area contributed by atoms with Crippen LogP contribution in [0.1, 0.15) is 23.6 Å². The molecule has 0 fully saturated rings. The minimum atomic E-state index is -0.161. The van der Waals surface area contributed by atoms with Crippen LogP contribution in [0.3, 0.4) is 0 Å². The Morgan fingerprint density at radius 1 is 1.33 bits per heavy atom. The van der Waals surface area contributed by atoms with Crippen molar-refractivity contribution in [2.75, 3.05) is 0 Å². The van der Waals surface area contributed by atoms with Crippen LogP contribution in [0.25, 0.3) is 0 Å². The van der Waals surface area contributed by atoms with Gasteiger partial charge < -0.3 is 5.73 Å². The Hall–Kier alpha value is -1.03. The summed E-state index contributed by atoms with van der Waals surface area (Å²) in [6, 6.07) is 5.29. The molecule has 1 unspecified atom stereocenters. The number of benzene rings is 1. The van der Waals surface area contributed by atoms with E-state index >= 15 is 0 Å². The summed E-state index contributed by atoms with van der Waals surface area (Å²) in [6.45, 7) is 0. The number of aryl methyl sites for hydroxylation is 2. The number of nitrogens with two attached hydrogens (primary N) is 1. The van der Waals surface area contributed by atoms with Gasteiger partial charge in [-0.15, -0.1) is 0 Å². The van der Waals surface area contributed by atoms with Crippen LogP contribution in [0.5, 0.6) is 0 Å². The number of nitrogens with zero attached hydrogens (tertiary/aromatic N) is 2. The van der Waals surface area contributed by atoms with Crippen molar-refractivity contribution in [2.45, 2.75) is 18.9 Å². The lowest BCUT2D eigenvalue weighted by Gasteiger charge is -2.14. The molecule has 0 bridgehead atoms. The summed E-state index contributed by atoms with van der Waals surface area (Å²) in [5, 5.41) is 5.38. The molecule has 3 nitrogen and oxygen atoms in total. The second-order valence-corrected chi connectivity index (χ2v) is 5.12. The Morgan fingerprint density at radius 3 is 2.56 bits per heavy atom. The zero-order valence-corrected chi connectivity index (χ0v) is 11.6. The number of halogens is 2. The molecule has 5 heteroatoms. The quantitative estimate of drug-likeness (QED) is 0.935. The van der Waals surface area contributed by atoms with E-state index in [2.05, 4.69) is 5.10 Å². The lowest BCUT2D eigenvalue weighted by atomic mass is 10.0. The van der Waals surface area contributed by atoms with Gasteiger partial charge in [-0.05, 0) is 30.5 Å². The summed E-state index contributed by atoms with van der Waals surface area (Å²) in [5.74, 6) is 0. The average Bonchev–Trinajstić information content (AvgIpc) is 2.72. The van der Waals surface area contributed by atoms with E-state index in [1.54, 1.807) is 4.68 Å². The molecule has 0 amide bonds. The molecule has 0 saturated heterocycles. The van der Waals surface area contributed by atoms with E-state index in [1.165, 1.54) is 0 Å². The maximum absolute atomic E-state index is 6.16. The maximum Gasteiger partial charge on any atom is 0.0521 e. The minimum Gasteiger partial charge on any atom is -0.324 e. The normalized spacial score (nSPS) is 12.7. The number of hydrogen-bond acceptors (Lipinski definition) is 2. The Morgan fingerprint density at radius 2 is 2.00 bits per heavy atom. The molecule has 1 aromatic heterocycles. The van der Waals surface area contributed by atoms with Crippen LogP contribution >= 0.6 is 23.2 Å². The van der Waals surface area contributed by atoms with Gasteiger partial charge in [0.2, 0.25) is 0 Å². The van der Waals surface area contributed by atoms with Crippen LogP contribution in [0.4, 0.5) is 0 Å². The number of aromatic nitrogens is 2. The molecule has 0 aliphatic carbocycles. The monoisotopic (exact) mass is 283 g/mol. The van der Waals surface area contributed by atoms with Crippen LogP contribution in [0, 0.1) is 0 Å². The zero-order valence-electron chi connectivity index (χ0n) is 10.1. The van der Waals surface area contributed by atoms with Crippen molar-refractivity contribution < 1.29 is 0 Å². The standard InChI is InChI=1S/C13H15Cl2N3/c1-18-8-9(7-17-18)5-6-12(16)13-10(14)3-2-4-11(13)15/h2-4,7-8,12H,5-6,16H2,1H3. The summed E-state index contributed by atoms with van der Waals surface area (Å²) in [6.07, 6.45) is 5.48. The van der Waals surface area contributed by atoms with Gasteiger partial charge in [0.05, 0.1) is 6.20 Å². The van der Waals surface area contributed by atoms with Gasteiger partial charge in [0.25, 0.3) is 0 Å². The molecular weight excluding hydrogens is 269 g/mol. The molecule has 0 spiro atoms. The van der Waals surface area contributed by atoms with Gasteiger partial charge in [-0.2, -0.15) is 5.10 Å². The van der Waals surface area contributed by atoms with Gasteiger partial charge in [0.15, 0.2) is 0 Å². The third-order valence-electron chi connectivity index (χ3n) is 2.87. The first-order valence-electron chi connectivity index (χ1n) is 5.75. The molecule has 2 aromatic rings. The van der Waals surface area contributed by atoms with E-state index < -0.39 is 0 Å². The predicted octanol–water partition coefficient (Wildman–Crippen LogP) is 3.36. The fourth-order valence-corrected chi connectivity index (χ4v) is 2.61. The van der Waals surface area contributed by atoms with Gasteiger partial charge >= 0.3 is 0 Å². The average molecular weight is 284 g/mol. The second-order valence-electron chi connectivity index (χ2n) is 4.30. The van der Waals surface area contributed by atoms with E-state index in [4.69, 9.17) is 28.9 Å². The molecule has 1 heterocycles. The molecule has 0 radical (unpaired) electrons. The lowest BCUT2D eigenvalue weighted by Crippen LogP contribution is -2.12. The van der Waals surface area contributed by atoms with Crippen molar-refractivity contribution in [1.29, 1.82) is 0 Å². The highest BCUT2D eigenvalue weighted by Gasteiger charge is 2.14. The molecule has 0 aliphatic rings. The van der Waals surface area contributed by atoms with Crippen LogP contribution in [0.15, 0.2) is 30.6 Å². The van der Waals surface area contributed by atoms with Crippen LogP contribution in [-0.4, -0.2) is 9.78 Å². The molecular formula is C13H15Cl2N3. The van der Waals surface area contributed by atoms with Gasteiger partial charge in [-0.3, -0.25) is 4.68 Å². The Kier molecular flexibility index (Phi) is 4.27. The number of hydrogen-bond donors (Lipinski definition) is 1. The molecule has 18 heavy (non-hydrogen) atoms. The fraction of sp³-hybridized carbons (Fsp3) is 0.308. The van der Waals surface area contributed by atoms with Crippen LogP contribution < -0.4 is 5.73 Å². The first-order chi connectivity index (χ1) is 8.58. The van der Waals surface area contributed by atoms with Crippen LogP contribution in [-0.2, 0) is 13.5 Å². The molecule has 1 atom stereocenters. The summed E-state index contributed by atoms with van der Waals surface area (Å²) < 4.78 is 1.78. The first-order valence-corrected chi connectivity index (χ1v) is 6.50. The van der Waals surface area contributed by atoms with Crippen molar-refractivity contribution in [3.05, 3.63) is 51.8 Å². The molecule has 2 N–H and O–H groups in total. The molecule has 2 rings (SSSR count). The fourth-order valence-electron chi connectivity index (χ4n) is 1.93. The van der Waals surface area contributed by atoms with Crippen molar-refractivity contribution in [1.82, 2.24) is 9.78 Å². The Bertz CT molecular complexity index is 517. The third kappa shape index (κ3) is 3.05. The summed E-state index contributed by atoms with van der Waals surface area (Å²) in [5.41, 5.74) is 8.14. The topological polar surface area (TPSA) is 43.8 Å². The third-order valence-corrected chi connectivity index (χ3v) is 3.53. The molecule has 0 aliphatic heterocycles. The summed E-state index contributed by atoms with van der Waals surface area (Å²) in [4.78, 5) is 0. The van der Waals surface area contributed by atoms with Crippen molar-refractivity contribution >= 4 is 23.2 Å². The zero-order chi connectivity index (χ0) is 13.1. The maximum atomic E-state index is 6.16. The van der Waals surface area contributed by atoms with Crippen molar-refractivity contribution in [2.24, 2.45) is 12.8 Å². The minimum absolute atomic E-state index is 0.161. The second kappa shape index (κ2) is 5.74. The highest BCUT2D eigenvalue weighted by atomic mass is 35.5. The summed E-state index contributed by atoms with van der Waals surface area (Å²) >= 11 is 12.3. The number of rotatable bonds is 4. The summed E-state index contributed by atoms with van der Waals surface area (Å²) in [7, 11) is 1.90. The SMILES string of the molecule is Cn1cc(CCC(N)c2c(Cl)cccc2Cl)cn1. The smallest absolute Gasteiger partial charge is 0.0521 e. The van der Waals surface area contributed by atoms with Crippen molar-refractivity contribution in [3.63, 3.8) is 0 Å². The van der Waals surface area contributed by atoms with Gasteiger partial charge in [0.1, 0.15) is 0 Å². The Labute approximate surface area is 117 Å². The largest absolute Gasteiger partial charge is 0.324 e. The highest BCUT2D eigenvalue weighted by Crippen LogP contribution is 2.31. The van der Waals surface area contributed by atoms with E-state index in [-0.39, 0.29) is 6.04 Å². The van der Waals surface area contributed by atoms with Gasteiger partial charge in [-0.1, -0.05) is 29.3 Å². The molecule has 1 aromatic carbocycles. The van der Waals surface area contributed by atoms with Crippen molar-refractivity contribution in [3.8, 4) is 0 Å². The van der Waals surface area contributed by atoms with Gasteiger partial charge in [-0.25, -0.2) is 0 Å². The lowest BCUT2D eigenvalue weighted by molar-refractivity contribution is 0.651. The van der Waals surface area contributed by atoms with Crippen LogP contribution in [0.2, 0.25) is 10.0 Å². The van der Waals surface area contributed by atoms with Gasteiger partial charge in [0, 0.05) is 34.9 Å². The van der Waals surface area contributed by atoms with E-state index in [0.29, 0.717) is 10.0 Å².